The Hall–Kier alpha value is -3.12. The summed E-state index contributed by atoms with van der Waals surface area (Å²) in [6.07, 6.45) is -0.702. The highest BCUT2D eigenvalue weighted by Gasteiger charge is 2.18. The maximum Gasteiger partial charge on any atom is 0.513 e. The van der Waals surface area contributed by atoms with Crippen LogP contribution in [0.1, 0.15) is 29.5 Å². The Labute approximate surface area is 196 Å². The van der Waals surface area contributed by atoms with Crippen LogP contribution in [0.25, 0.3) is 10.8 Å². The van der Waals surface area contributed by atoms with E-state index in [2.05, 4.69) is 44.8 Å². The summed E-state index contributed by atoms with van der Waals surface area (Å²) >= 11 is 0. The summed E-state index contributed by atoms with van der Waals surface area (Å²) in [6.45, 7) is 11.1. The highest BCUT2D eigenvalue weighted by molar-refractivity contribution is 6.76. The van der Waals surface area contributed by atoms with Gasteiger partial charge >= 0.3 is 12.1 Å². The SMILES string of the molecule is Cc1ccc2cc(C(C)C(=O)OCc3ccc(OC(=O)OCC[Si](C)(C)C)cc3)ccc2c1. The van der Waals surface area contributed by atoms with Gasteiger partial charge in [-0.1, -0.05) is 73.7 Å². The van der Waals surface area contributed by atoms with Crippen molar-refractivity contribution in [1.29, 1.82) is 0 Å². The second-order valence-corrected chi connectivity index (χ2v) is 15.2. The van der Waals surface area contributed by atoms with Gasteiger partial charge in [0.2, 0.25) is 0 Å². The molecule has 0 saturated carbocycles. The zero-order valence-corrected chi connectivity index (χ0v) is 21.0. The molecule has 0 aliphatic rings. The fourth-order valence-corrected chi connectivity index (χ4v) is 4.00. The van der Waals surface area contributed by atoms with Crippen LogP contribution < -0.4 is 4.74 Å². The number of rotatable bonds is 8. The first kappa shape index (κ1) is 24.5. The number of hydrogen-bond acceptors (Lipinski definition) is 5. The van der Waals surface area contributed by atoms with Crippen LogP contribution in [0.2, 0.25) is 25.7 Å². The van der Waals surface area contributed by atoms with Crippen LogP contribution >= 0.6 is 0 Å². The van der Waals surface area contributed by atoms with Crippen LogP contribution in [0, 0.1) is 6.92 Å². The molecular weight excluding hydrogens is 432 g/mol. The van der Waals surface area contributed by atoms with Gasteiger partial charge in [0.25, 0.3) is 0 Å². The van der Waals surface area contributed by atoms with Gasteiger partial charge < -0.3 is 14.2 Å². The molecule has 1 atom stereocenters. The maximum atomic E-state index is 12.6. The fourth-order valence-electron chi connectivity index (χ4n) is 3.29. The lowest BCUT2D eigenvalue weighted by Gasteiger charge is -2.15. The average molecular weight is 465 g/mol. The average Bonchev–Trinajstić information content (AvgIpc) is 2.76. The molecule has 0 heterocycles. The van der Waals surface area contributed by atoms with Crippen LogP contribution in [0.3, 0.4) is 0 Å². The number of carbonyl (C=O) groups excluding carboxylic acids is 2. The minimum atomic E-state index is -1.26. The van der Waals surface area contributed by atoms with E-state index in [1.54, 1.807) is 24.3 Å². The number of esters is 1. The molecule has 0 N–H and O–H groups in total. The van der Waals surface area contributed by atoms with Crippen molar-refractivity contribution in [3.05, 3.63) is 77.4 Å². The van der Waals surface area contributed by atoms with Crippen molar-refractivity contribution in [2.24, 2.45) is 0 Å². The Bertz CT molecular complexity index is 1120. The second kappa shape index (κ2) is 10.7. The van der Waals surface area contributed by atoms with Gasteiger partial charge in [0.1, 0.15) is 12.4 Å². The quantitative estimate of drug-likeness (QED) is 0.207. The first-order valence-corrected chi connectivity index (χ1v) is 14.9. The van der Waals surface area contributed by atoms with Gasteiger partial charge in [-0.2, -0.15) is 0 Å². The van der Waals surface area contributed by atoms with Crippen molar-refractivity contribution >= 4 is 31.0 Å². The molecule has 33 heavy (non-hydrogen) atoms. The number of hydrogen-bond donors (Lipinski definition) is 0. The number of carbonyl (C=O) groups is 2. The molecule has 0 spiro atoms. The van der Waals surface area contributed by atoms with E-state index in [0.717, 1.165) is 27.9 Å². The second-order valence-electron chi connectivity index (χ2n) is 9.59. The van der Waals surface area contributed by atoms with Crippen LogP contribution in [0.15, 0.2) is 60.7 Å². The fraction of sp³-hybridized carbons (Fsp3) is 0.333. The molecule has 0 radical (unpaired) electrons. The lowest BCUT2D eigenvalue weighted by Crippen LogP contribution is -2.23. The van der Waals surface area contributed by atoms with Gasteiger partial charge in [0.15, 0.2) is 0 Å². The Morgan fingerprint density at radius 2 is 1.55 bits per heavy atom. The maximum absolute atomic E-state index is 12.6. The molecule has 1 unspecified atom stereocenters. The van der Waals surface area contributed by atoms with E-state index >= 15 is 0 Å². The Kier molecular flexibility index (Phi) is 7.92. The third-order valence-corrected chi connectivity index (χ3v) is 7.16. The molecule has 5 nitrogen and oxygen atoms in total. The topological polar surface area (TPSA) is 61.8 Å². The normalized spacial score (nSPS) is 12.3. The molecule has 0 saturated heterocycles. The summed E-state index contributed by atoms with van der Waals surface area (Å²) in [7, 11) is -1.26. The molecule has 6 heteroatoms. The smallest absolute Gasteiger partial charge is 0.460 e. The van der Waals surface area contributed by atoms with Crippen molar-refractivity contribution < 1.29 is 23.8 Å². The lowest BCUT2D eigenvalue weighted by molar-refractivity contribution is -0.146. The summed E-state index contributed by atoms with van der Waals surface area (Å²) < 4.78 is 15.8. The molecule has 0 aliphatic heterocycles. The summed E-state index contributed by atoms with van der Waals surface area (Å²) in [4.78, 5) is 24.4. The lowest BCUT2D eigenvalue weighted by atomic mass is 9.97. The summed E-state index contributed by atoms with van der Waals surface area (Å²) in [5.41, 5.74) is 2.94. The van der Waals surface area contributed by atoms with Crippen LogP contribution in [0.4, 0.5) is 4.79 Å². The molecular formula is C27H32O5Si. The van der Waals surface area contributed by atoms with E-state index in [1.165, 1.54) is 5.56 Å². The van der Waals surface area contributed by atoms with E-state index in [9.17, 15) is 9.59 Å². The van der Waals surface area contributed by atoms with Crippen molar-refractivity contribution in [2.75, 3.05) is 6.61 Å². The van der Waals surface area contributed by atoms with Crippen LogP contribution in [-0.2, 0) is 20.9 Å². The van der Waals surface area contributed by atoms with E-state index in [4.69, 9.17) is 14.2 Å². The van der Waals surface area contributed by atoms with Gasteiger partial charge in [-0.05, 0) is 53.9 Å². The van der Waals surface area contributed by atoms with Gasteiger partial charge in [-0.15, -0.1) is 0 Å². The highest BCUT2D eigenvalue weighted by Crippen LogP contribution is 2.24. The van der Waals surface area contributed by atoms with Crippen LogP contribution in [-0.4, -0.2) is 26.8 Å². The number of fused-ring (bicyclic) bond motifs is 1. The Balaban J connectivity index is 1.49. The number of aryl methyl sites for hydroxylation is 1. The van der Waals surface area contributed by atoms with Crippen LogP contribution in [0.5, 0.6) is 5.75 Å². The summed E-state index contributed by atoms with van der Waals surface area (Å²) in [6, 6.07) is 20.1. The zero-order chi connectivity index (χ0) is 24.0. The molecule has 0 bridgehead atoms. The molecule has 3 aromatic carbocycles. The predicted octanol–water partition coefficient (Wildman–Crippen LogP) is 6.85. The molecule has 0 aliphatic carbocycles. The minimum absolute atomic E-state index is 0.150. The van der Waals surface area contributed by atoms with Crippen molar-refractivity contribution in [1.82, 2.24) is 0 Å². The molecule has 0 amide bonds. The largest absolute Gasteiger partial charge is 0.513 e. The first-order chi connectivity index (χ1) is 15.6. The predicted molar refractivity (Wildman–Crippen MR) is 133 cm³/mol. The molecule has 174 valence electrons. The first-order valence-electron chi connectivity index (χ1n) is 11.2. The molecule has 3 aromatic rings. The van der Waals surface area contributed by atoms with Crippen molar-refractivity contribution in [3.8, 4) is 5.75 Å². The van der Waals surface area contributed by atoms with E-state index in [-0.39, 0.29) is 18.5 Å². The van der Waals surface area contributed by atoms with Gasteiger partial charge in [0, 0.05) is 8.07 Å². The monoisotopic (exact) mass is 464 g/mol. The van der Waals surface area contributed by atoms with Crippen molar-refractivity contribution in [3.63, 3.8) is 0 Å². The number of ether oxygens (including phenoxy) is 3. The van der Waals surface area contributed by atoms with Gasteiger partial charge in [-0.3, -0.25) is 4.79 Å². The van der Waals surface area contributed by atoms with Gasteiger partial charge in [0.05, 0.1) is 12.5 Å². The molecule has 0 aromatic heterocycles. The Morgan fingerprint density at radius 3 is 2.24 bits per heavy atom. The minimum Gasteiger partial charge on any atom is -0.460 e. The van der Waals surface area contributed by atoms with E-state index in [0.29, 0.717) is 12.4 Å². The van der Waals surface area contributed by atoms with E-state index < -0.39 is 14.2 Å². The zero-order valence-electron chi connectivity index (χ0n) is 20.0. The van der Waals surface area contributed by atoms with Crippen molar-refractivity contribution in [2.45, 2.75) is 52.1 Å². The summed E-state index contributed by atoms with van der Waals surface area (Å²) in [5.74, 6) is -0.264. The Morgan fingerprint density at radius 1 is 0.879 bits per heavy atom. The molecule has 0 fully saturated rings. The summed E-state index contributed by atoms with van der Waals surface area (Å²) in [5, 5.41) is 2.26. The third-order valence-electron chi connectivity index (χ3n) is 5.45. The molecule has 3 rings (SSSR count). The standard InChI is InChI=1S/C27H32O5Si/c1-19-6-9-24-17-22(10-11-23(24)16-19)20(2)26(28)31-18-21-7-12-25(13-8-21)32-27(29)30-14-15-33(3,4)5/h6-13,16-17,20H,14-15,18H2,1-5H3. The number of benzene rings is 3. The highest BCUT2D eigenvalue weighted by atomic mass is 28.3. The van der Waals surface area contributed by atoms with E-state index in [1.807, 2.05) is 25.1 Å². The third kappa shape index (κ3) is 7.46. The van der Waals surface area contributed by atoms with Gasteiger partial charge in [-0.25, -0.2) is 4.79 Å².